The molecule has 12 nitrogen and oxygen atoms in total. The highest BCUT2D eigenvalue weighted by Gasteiger charge is 2.21. The van der Waals surface area contributed by atoms with Crippen LogP contribution < -0.4 is 10.6 Å². The normalized spacial score (nSPS) is 12.2. The number of tetrazole rings is 1. The molecule has 0 spiro atoms. The number of aromatic amines is 1. The summed E-state index contributed by atoms with van der Waals surface area (Å²) in [7, 11) is 0. The maximum absolute atomic E-state index is 13.3. The number of nitrogens with one attached hydrogen (secondary N) is 1. The van der Waals surface area contributed by atoms with Crippen molar-refractivity contribution in [3.05, 3.63) is 100.0 Å². The summed E-state index contributed by atoms with van der Waals surface area (Å²) in [5.74, 6) is -0.972. The van der Waals surface area contributed by atoms with Gasteiger partial charge in [0, 0.05) is 5.56 Å². The first-order valence-electron chi connectivity index (χ1n) is 13.6. The Morgan fingerprint density at radius 3 is 2.56 bits per heavy atom. The molecule has 0 unspecified atom stereocenters. The molecule has 0 bridgehead atoms. The fourth-order valence-electron chi connectivity index (χ4n) is 4.37. The predicted octanol–water partition coefficient (Wildman–Crippen LogP) is 4.54. The average Bonchev–Trinajstić information content (AvgIpc) is 3.75. The van der Waals surface area contributed by atoms with Crippen LogP contribution in [0.4, 0.5) is 0 Å². The molecule has 0 saturated heterocycles. The minimum atomic E-state index is -2.21. The number of ether oxygens (including phenoxy) is 2. The molecule has 0 aliphatic heterocycles. The molecule has 0 amide bonds. The smallest absolute Gasteiger partial charge is 0.465 e. The van der Waals surface area contributed by atoms with Crippen molar-refractivity contribution >= 4 is 17.0 Å². The number of fused-ring (bicyclic) bond motifs is 1. The summed E-state index contributed by atoms with van der Waals surface area (Å²) in [5, 5.41) is 14.3. The molecule has 3 aromatic carbocycles. The number of H-pyrrole nitrogens is 1. The van der Waals surface area contributed by atoms with Crippen molar-refractivity contribution in [2.24, 2.45) is 0 Å². The van der Waals surface area contributed by atoms with Gasteiger partial charge in [0.2, 0.25) is 5.82 Å². The minimum Gasteiger partial charge on any atom is -0.465 e. The fraction of sp³-hybridized carbons (Fsp3) is 0.172. The van der Waals surface area contributed by atoms with E-state index in [1.54, 1.807) is 43.3 Å². The number of carbonyl (C=O) groups excluding carboxylic acids is 1. The molecule has 0 atom stereocenters. The summed E-state index contributed by atoms with van der Waals surface area (Å²) in [6.07, 6.45) is 0. The molecule has 3 aromatic heterocycles. The zero-order chi connectivity index (χ0) is 30.1. The highest BCUT2D eigenvalue weighted by molar-refractivity contribution is 6.02. The number of aryl methyl sites for hydroxylation is 1. The van der Waals surface area contributed by atoms with Crippen LogP contribution in [0.5, 0.6) is 6.01 Å². The number of hydrogen-bond donors (Lipinski definition) is 1. The van der Waals surface area contributed by atoms with Gasteiger partial charge in [0.1, 0.15) is 0 Å². The van der Waals surface area contributed by atoms with Gasteiger partial charge < -0.3 is 18.3 Å². The van der Waals surface area contributed by atoms with Crippen LogP contribution in [0.25, 0.3) is 33.5 Å². The third-order valence-electron chi connectivity index (χ3n) is 6.26. The van der Waals surface area contributed by atoms with Gasteiger partial charge in [-0.3, -0.25) is 4.57 Å². The van der Waals surface area contributed by atoms with Crippen molar-refractivity contribution in [2.75, 3.05) is 6.61 Å². The van der Waals surface area contributed by atoms with Crippen LogP contribution >= 0.6 is 0 Å². The van der Waals surface area contributed by atoms with Gasteiger partial charge in [-0.15, -0.1) is 10.2 Å². The molecule has 0 saturated carbocycles. The lowest BCUT2D eigenvalue weighted by atomic mass is 9.98. The number of para-hydroxylation sites is 1. The van der Waals surface area contributed by atoms with Crippen LogP contribution in [0, 0.1) is 6.92 Å². The van der Waals surface area contributed by atoms with Crippen LogP contribution in [-0.4, -0.2) is 42.8 Å². The molecule has 3 heterocycles. The van der Waals surface area contributed by atoms with Crippen molar-refractivity contribution < 1.29 is 25.8 Å². The van der Waals surface area contributed by atoms with E-state index in [0.29, 0.717) is 11.3 Å². The third kappa shape index (κ3) is 5.10. The van der Waals surface area contributed by atoms with E-state index in [2.05, 4.69) is 25.6 Å². The molecule has 0 aliphatic carbocycles. The van der Waals surface area contributed by atoms with E-state index in [-0.39, 0.29) is 47.4 Å². The number of nitrogens with zero attached hydrogens (tertiary/aromatic N) is 5. The number of benzene rings is 3. The summed E-state index contributed by atoms with van der Waals surface area (Å²) in [6.45, 7) is 0.922. The van der Waals surface area contributed by atoms with Crippen molar-refractivity contribution in [1.82, 2.24) is 30.2 Å². The first-order valence-corrected chi connectivity index (χ1v) is 12.6. The van der Waals surface area contributed by atoms with Gasteiger partial charge in [-0.2, -0.15) is 10.2 Å². The molecule has 0 aliphatic rings. The summed E-state index contributed by atoms with van der Waals surface area (Å²) < 4.78 is 40.6. The maximum Gasteiger partial charge on any atom is 0.519 e. The van der Waals surface area contributed by atoms with Crippen molar-refractivity contribution in [3.8, 4) is 28.5 Å². The molecule has 12 heteroatoms. The topological polar surface area (TPSA) is 151 Å². The quantitative estimate of drug-likeness (QED) is 0.252. The summed E-state index contributed by atoms with van der Waals surface area (Å²) in [6, 6.07) is 19.2. The number of carbonyl (C=O) groups is 1. The van der Waals surface area contributed by atoms with Crippen LogP contribution in [0.2, 0.25) is 0 Å². The minimum absolute atomic E-state index is 0.00838. The van der Waals surface area contributed by atoms with E-state index >= 15 is 0 Å². The average molecular weight is 555 g/mol. The van der Waals surface area contributed by atoms with Crippen LogP contribution in [-0.2, 0) is 17.8 Å². The Balaban J connectivity index is 1.39. The van der Waals surface area contributed by atoms with E-state index in [4.69, 9.17) is 18.3 Å². The molecule has 1 N–H and O–H groups in total. The van der Waals surface area contributed by atoms with Gasteiger partial charge >= 0.3 is 11.8 Å². The fourth-order valence-corrected chi connectivity index (χ4v) is 4.37. The number of esters is 1. The zero-order valence-corrected chi connectivity index (χ0v) is 22.0. The Labute approximate surface area is 235 Å². The second kappa shape index (κ2) is 10.9. The lowest BCUT2D eigenvalue weighted by Gasteiger charge is -2.12. The molecule has 0 fully saturated rings. The lowest BCUT2D eigenvalue weighted by molar-refractivity contribution is 0.0444. The largest absolute Gasteiger partial charge is 0.519 e. The predicted molar refractivity (Wildman–Crippen MR) is 146 cm³/mol. The number of hydrogen-bond acceptors (Lipinski definition) is 10. The van der Waals surface area contributed by atoms with Crippen LogP contribution in [0.3, 0.4) is 0 Å². The van der Waals surface area contributed by atoms with E-state index < -0.39 is 18.3 Å². The Kier molecular flexibility index (Phi) is 6.23. The first kappa shape index (κ1) is 23.4. The van der Waals surface area contributed by atoms with Crippen LogP contribution in [0.15, 0.2) is 80.4 Å². The molecular weight excluding hydrogens is 528 g/mol. The number of imidazole rings is 1. The lowest BCUT2D eigenvalue weighted by Crippen LogP contribution is -2.10. The van der Waals surface area contributed by atoms with E-state index in [1.165, 1.54) is 17.6 Å². The first-order chi connectivity index (χ1) is 20.8. The standard InChI is InChI=1S/C29H24N6O6/c1-3-38-28-30-23-10-6-9-22(27(36)39-16-24-17(2)40-29(37)41-24)25(23)35(28)15-18-11-13-19(14-12-18)20-7-4-5-8-21(20)26-31-33-34-32-26/h4-14H,3,15-16H2,1-2H3,(H,31,32,33,34)/i15D2. The summed E-state index contributed by atoms with van der Waals surface area (Å²) >= 11 is 0. The summed E-state index contributed by atoms with van der Waals surface area (Å²) in [4.78, 5) is 29.1. The highest BCUT2D eigenvalue weighted by atomic mass is 16.6. The number of rotatable bonds is 9. The van der Waals surface area contributed by atoms with Gasteiger partial charge in [-0.1, -0.05) is 54.6 Å². The molecule has 6 aromatic rings. The molecule has 6 rings (SSSR count). The molecule has 41 heavy (non-hydrogen) atoms. The molecule has 0 radical (unpaired) electrons. The third-order valence-corrected chi connectivity index (χ3v) is 6.26. The molecular formula is C29H24N6O6. The SMILES string of the molecule is [2H]C([2H])(c1ccc(-c2ccccc2-c2nn[nH]n2)cc1)n1c(OCC)nc2cccc(C(=O)OCc3oc(=O)oc3C)c21. The number of aromatic nitrogens is 6. The van der Waals surface area contributed by atoms with Gasteiger partial charge in [-0.25, -0.2) is 9.59 Å². The van der Waals surface area contributed by atoms with Crippen molar-refractivity contribution in [1.29, 1.82) is 0 Å². The monoisotopic (exact) mass is 554 g/mol. The highest BCUT2D eigenvalue weighted by Crippen LogP contribution is 2.31. The van der Waals surface area contributed by atoms with Crippen molar-refractivity contribution in [3.63, 3.8) is 0 Å². The van der Waals surface area contributed by atoms with E-state index in [0.717, 1.165) is 16.7 Å². The van der Waals surface area contributed by atoms with E-state index in [1.807, 2.05) is 24.3 Å². The second-order valence-electron chi connectivity index (χ2n) is 8.82. The maximum atomic E-state index is 13.3. The van der Waals surface area contributed by atoms with E-state index in [9.17, 15) is 12.3 Å². The second-order valence-corrected chi connectivity index (χ2v) is 8.82. The van der Waals surface area contributed by atoms with Gasteiger partial charge in [-0.05, 0) is 47.9 Å². The Morgan fingerprint density at radius 1 is 1.05 bits per heavy atom. The van der Waals surface area contributed by atoms with Gasteiger partial charge in [0.25, 0.3) is 6.01 Å². The van der Waals surface area contributed by atoms with Crippen LogP contribution in [0.1, 0.15) is 37.1 Å². The Bertz CT molecular complexity index is 1980. The van der Waals surface area contributed by atoms with Gasteiger partial charge in [0.05, 0.1) is 32.4 Å². The zero-order valence-electron chi connectivity index (χ0n) is 24.0. The Hall–Kier alpha value is -5.52. The summed E-state index contributed by atoms with van der Waals surface area (Å²) in [5.41, 5.74) is 3.26. The van der Waals surface area contributed by atoms with Gasteiger partial charge in [0.15, 0.2) is 18.1 Å². The Morgan fingerprint density at radius 2 is 1.85 bits per heavy atom. The molecule has 206 valence electrons. The van der Waals surface area contributed by atoms with Crippen molar-refractivity contribution in [2.45, 2.75) is 27.0 Å².